The second-order valence-corrected chi connectivity index (χ2v) is 4.09. The molecule has 0 aliphatic rings. The predicted octanol–water partition coefficient (Wildman–Crippen LogP) is 0.392. The Morgan fingerprint density at radius 1 is 1.53 bits per heavy atom. The molecular weight excluding hydrogens is 220 g/mol. The maximum Gasteiger partial charge on any atom is 0.306 e. The SMILES string of the molecule is CN(CCc1ccccn1)CC(O)CC(=O)O. The van der Waals surface area contributed by atoms with Crippen molar-refractivity contribution in [3.8, 4) is 0 Å². The van der Waals surface area contributed by atoms with E-state index < -0.39 is 12.1 Å². The molecule has 17 heavy (non-hydrogen) atoms. The van der Waals surface area contributed by atoms with Crippen molar-refractivity contribution in [2.45, 2.75) is 18.9 Å². The predicted molar refractivity (Wildman–Crippen MR) is 63.7 cm³/mol. The first-order chi connectivity index (χ1) is 8.08. The van der Waals surface area contributed by atoms with Crippen LogP contribution in [0.15, 0.2) is 24.4 Å². The van der Waals surface area contributed by atoms with Crippen LogP contribution in [0.1, 0.15) is 12.1 Å². The van der Waals surface area contributed by atoms with Crippen LogP contribution in [-0.4, -0.2) is 52.3 Å². The number of aliphatic hydroxyl groups excluding tert-OH is 1. The lowest BCUT2D eigenvalue weighted by Gasteiger charge is -2.19. The monoisotopic (exact) mass is 238 g/mol. The summed E-state index contributed by atoms with van der Waals surface area (Å²) in [4.78, 5) is 16.5. The number of pyridine rings is 1. The van der Waals surface area contributed by atoms with Crippen LogP contribution in [-0.2, 0) is 11.2 Å². The van der Waals surface area contributed by atoms with Gasteiger partial charge in [-0.1, -0.05) is 6.07 Å². The third-order valence-electron chi connectivity index (χ3n) is 2.41. The molecule has 1 rings (SSSR count). The van der Waals surface area contributed by atoms with E-state index in [1.165, 1.54) is 0 Å². The van der Waals surface area contributed by atoms with Gasteiger partial charge in [-0.3, -0.25) is 9.78 Å². The van der Waals surface area contributed by atoms with E-state index in [4.69, 9.17) is 5.11 Å². The number of hydrogen-bond donors (Lipinski definition) is 2. The Morgan fingerprint density at radius 3 is 2.88 bits per heavy atom. The summed E-state index contributed by atoms with van der Waals surface area (Å²) in [6.45, 7) is 1.10. The van der Waals surface area contributed by atoms with Crippen LogP contribution >= 0.6 is 0 Å². The molecule has 0 radical (unpaired) electrons. The number of aliphatic hydroxyl groups is 1. The van der Waals surface area contributed by atoms with Gasteiger partial charge in [0.15, 0.2) is 0 Å². The number of carboxylic acids is 1. The first kappa shape index (κ1) is 13.6. The van der Waals surface area contributed by atoms with Crippen molar-refractivity contribution in [1.29, 1.82) is 0 Å². The summed E-state index contributed by atoms with van der Waals surface area (Å²) < 4.78 is 0. The minimum absolute atomic E-state index is 0.214. The normalized spacial score (nSPS) is 12.6. The van der Waals surface area contributed by atoms with Crippen LogP contribution in [0.25, 0.3) is 0 Å². The Balaban J connectivity index is 2.25. The van der Waals surface area contributed by atoms with E-state index in [-0.39, 0.29) is 6.42 Å². The zero-order chi connectivity index (χ0) is 12.7. The Morgan fingerprint density at radius 2 is 2.29 bits per heavy atom. The minimum Gasteiger partial charge on any atom is -0.481 e. The number of nitrogens with zero attached hydrogens (tertiary/aromatic N) is 2. The highest BCUT2D eigenvalue weighted by Crippen LogP contribution is 1.99. The van der Waals surface area contributed by atoms with Crippen LogP contribution in [0.5, 0.6) is 0 Å². The van der Waals surface area contributed by atoms with E-state index in [1.807, 2.05) is 30.1 Å². The van der Waals surface area contributed by atoms with Crippen molar-refractivity contribution < 1.29 is 15.0 Å². The molecule has 5 nitrogen and oxygen atoms in total. The minimum atomic E-state index is -0.976. The Labute approximate surface area is 101 Å². The first-order valence-corrected chi connectivity index (χ1v) is 5.56. The molecule has 1 aromatic rings. The fourth-order valence-electron chi connectivity index (χ4n) is 1.57. The van der Waals surface area contributed by atoms with Crippen molar-refractivity contribution in [3.63, 3.8) is 0 Å². The summed E-state index contributed by atoms with van der Waals surface area (Å²) in [5, 5.41) is 18.0. The van der Waals surface area contributed by atoms with Crippen molar-refractivity contribution in [1.82, 2.24) is 9.88 Å². The molecule has 0 fully saturated rings. The number of aliphatic carboxylic acids is 1. The molecular formula is C12H18N2O3. The van der Waals surface area contributed by atoms with Crippen LogP contribution in [0.3, 0.4) is 0 Å². The van der Waals surface area contributed by atoms with Gasteiger partial charge >= 0.3 is 5.97 Å². The number of hydrogen-bond acceptors (Lipinski definition) is 4. The second kappa shape index (κ2) is 6.98. The lowest BCUT2D eigenvalue weighted by atomic mass is 10.2. The van der Waals surface area contributed by atoms with E-state index in [1.54, 1.807) is 6.20 Å². The van der Waals surface area contributed by atoms with E-state index >= 15 is 0 Å². The fourth-order valence-corrected chi connectivity index (χ4v) is 1.57. The van der Waals surface area contributed by atoms with Gasteiger partial charge in [-0.2, -0.15) is 0 Å². The van der Waals surface area contributed by atoms with Crippen molar-refractivity contribution >= 4 is 5.97 Å². The van der Waals surface area contributed by atoms with Gasteiger partial charge in [0, 0.05) is 31.4 Å². The molecule has 0 saturated carbocycles. The molecule has 0 aliphatic heterocycles. The van der Waals surface area contributed by atoms with Gasteiger partial charge in [0.25, 0.3) is 0 Å². The van der Waals surface area contributed by atoms with Crippen molar-refractivity contribution in [2.75, 3.05) is 20.1 Å². The Bertz CT molecular complexity index is 343. The molecule has 0 aliphatic carbocycles. The molecule has 0 aromatic carbocycles. The number of carbonyl (C=O) groups is 1. The lowest BCUT2D eigenvalue weighted by molar-refractivity contribution is -0.139. The van der Waals surface area contributed by atoms with Crippen LogP contribution < -0.4 is 0 Å². The van der Waals surface area contributed by atoms with E-state index in [0.717, 1.165) is 18.7 Å². The summed E-state index contributed by atoms with van der Waals surface area (Å²) in [6, 6.07) is 5.74. The highest BCUT2D eigenvalue weighted by atomic mass is 16.4. The quantitative estimate of drug-likeness (QED) is 0.719. The van der Waals surface area contributed by atoms with E-state index in [2.05, 4.69) is 4.98 Å². The first-order valence-electron chi connectivity index (χ1n) is 5.56. The van der Waals surface area contributed by atoms with Gasteiger partial charge in [0.05, 0.1) is 12.5 Å². The van der Waals surface area contributed by atoms with Crippen molar-refractivity contribution in [2.24, 2.45) is 0 Å². The van der Waals surface area contributed by atoms with Gasteiger partial charge < -0.3 is 15.1 Å². The number of likely N-dealkylation sites (N-methyl/N-ethyl adjacent to an activating group) is 1. The molecule has 2 N–H and O–H groups in total. The standard InChI is InChI=1S/C12H18N2O3/c1-14(9-11(15)8-12(16)17)7-5-10-4-2-3-6-13-10/h2-4,6,11,15H,5,7-9H2,1H3,(H,16,17). The van der Waals surface area contributed by atoms with Gasteiger partial charge in [-0.05, 0) is 19.2 Å². The van der Waals surface area contributed by atoms with E-state index in [9.17, 15) is 9.90 Å². The maximum absolute atomic E-state index is 10.4. The molecule has 94 valence electrons. The van der Waals surface area contributed by atoms with Crippen LogP contribution in [0.4, 0.5) is 0 Å². The number of aromatic nitrogens is 1. The smallest absolute Gasteiger partial charge is 0.306 e. The second-order valence-electron chi connectivity index (χ2n) is 4.09. The molecule has 1 atom stereocenters. The average Bonchev–Trinajstić information content (AvgIpc) is 2.26. The summed E-state index contributed by atoms with van der Waals surface area (Å²) in [7, 11) is 1.86. The topological polar surface area (TPSA) is 73.7 Å². The third kappa shape index (κ3) is 5.99. The Hall–Kier alpha value is -1.46. The lowest BCUT2D eigenvalue weighted by Crippen LogP contribution is -2.32. The molecule has 5 heteroatoms. The number of carboxylic acid groups (broad SMARTS) is 1. The molecule has 0 bridgehead atoms. The largest absolute Gasteiger partial charge is 0.481 e. The third-order valence-corrected chi connectivity index (χ3v) is 2.41. The maximum atomic E-state index is 10.4. The molecule has 0 amide bonds. The molecule has 1 heterocycles. The summed E-state index contributed by atoms with van der Waals surface area (Å²) in [6.07, 6.45) is 1.50. The molecule has 1 aromatic heterocycles. The van der Waals surface area contributed by atoms with Gasteiger partial charge in [-0.25, -0.2) is 0 Å². The van der Waals surface area contributed by atoms with E-state index in [0.29, 0.717) is 6.54 Å². The van der Waals surface area contributed by atoms with Gasteiger partial charge in [0.2, 0.25) is 0 Å². The van der Waals surface area contributed by atoms with Crippen LogP contribution in [0, 0.1) is 0 Å². The molecule has 0 spiro atoms. The average molecular weight is 238 g/mol. The van der Waals surface area contributed by atoms with Crippen LogP contribution in [0.2, 0.25) is 0 Å². The van der Waals surface area contributed by atoms with Crippen molar-refractivity contribution in [3.05, 3.63) is 30.1 Å². The highest BCUT2D eigenvalue weighted by molar-refractivity contribution is 5.67. The van der Waals surface area contributed by atoms with Gasteiger partial charge in [0.1, 0.15) is 0 Å². The zero-order valence-corrected chi connectivity index (χ0v) is 9.91. The Kier molecular flexibility index (Phi) is 5.59. The summed E-state index contributed by atoms with van der Waals surface area (Å²) >= 11 is 0. The fraction of sp³-hybridized carbons (Fsp3) is 0.500. The highest BCUT2D eigenvalue weighted by Gasteiger charge is 2.11. The summed E-state index contributed by atoms with van der Waals surface area (Å²) in [5.41, 5.74) is 0.993. The molecule has 1 unspecified atom stereocenters. The molecule has 0 saturated heterocycles. The van der Waals surface area contributed by atoms with Gasteiger partial charge in [-0.15, -0.1) is 0 Å². The number of rotatable bonds is 7. The zero-order valence-electron chi connectivity index (χ0n) is 9.91. The summed E-state index contributed by atoms with van der Waals surface area (Å²) in [5.74, 6) is -0.976.